The van der Waals surface area contributed by atoms with Crippen molar-refractivity contribution in [3.63, 3.8) is 0 Å². The second-order valence-corrected chi connectivity index (χ2v) is 16.2. The van der Waals surface area contributed by atoms with Gasteiger partial charge in [-0.15, -0.1) is 0 Å². The maximum Gasteiger partial charge on any atom is 0.423 e. The lowest BCUT2D eigenvalue weighted by molar-refractivity contribution is -0.156. The summed E-state index contributed by atoms with van der Waals surface area (Å²) >= 11 is 0. The van der Waals surface area contributed by atoms with E-state index in [0.717, 1.165) is 110 Å². The molecule has 0 N–H and O–H groups in total. The van der Waals surface area contributed by atoms with Crippen LogP contribution in [0.3, 0.4) is 0 Å². The van der Waals surface area contributed by atoms with Crippen LogP contribution in [0.4, 0.5) is 0 Å². The third-order valence-electron chi connectivity index (χ3n) is 11.2. The van der Waals surface area contributed by atoms with E-state index in [0.29, 0.717) is 28.7 Å². The molecule has 6 nitrogen and oxygen atoms in total. The summed E-state index contributed by atoms with van der Waals surface area (Å²) in [6.45, 7) is 17.2. The zero-order valence-electron chi connectivity index (χ0n) is 31.5. The molecular formula is C44H56O6. The molecule has 3 aromatic rings. The minimum Gasteiger partial charge on any atom is -0.487 e. The Kier molecular flexibility index (Phi) is 10.4. The number of rotatable bonds is 10. The zero-order chi connectivity index (χ0) is 35.8. The van der Waals surface area contributed by atoms with Gasteiger partial charge in [0.2, 0.25) is 0 Å². The lowest BCUT2D eigenvalue weighted by atomic mass is 9.64. The summed E-state index contributed by atoms with van der Waals surface area (Å²) in [5, 5.41) is 0. The Morgan fingerprint density at radius 1 is 0.780 bits per heavy atom. The van der Waals surface area contributed by atoms with E-state index in [1.165, 1.54) is 0 Å². The first-order chi connectivity index (χ1) is 23.8. The first-order valence-corrected chi connectivity index (χ1v) is 19.1. The van der Waals surface area contributed by atoms with Crippen molar-refractivity contribution in [1.82, 2.24) is 0 Å². The van der Waals surface area contributed by atoms with E-state index < -0.39 is 17.5 Å². The number of aryl methyl sites for hydroxylation is 3. The van der Waals surface area contributed by atoms with Crippen LogP contribution in [0.5, 0.6) is 23.0 Å². The minimum atomic E-state index is -1.05. The highest BCUT2D eigenvalue weighted by Gasteiger charge is 2.47. The van der Waals surface area contributed by atoms with Crippen LogP contribution >= 0.6 is 0 Å². The molecule has 6 heteroatoms. The van der Waals surface area contributed by atoms with Gasteiger partial charge in [-0.05, 0) is 126 Å². The molecular weight excluding hydrogens is 624 g/mol. The van der Waals surface area contributed by atoms with Crippen LogP contribution in [0.2, 0.25) is 0 Å². The van der Waals surface area contributed by atoms with Gasteiger partial charge in [0.25, 0.3) is 0 Å². The molecule has 0 bridgehead atoms. The van der Waals surface area contributed by atoms with E-state index >= 15 is 0 Å². The van der Waals surface area contributed by atoms with E-state index in [1.807, 2.05) is 19.1 Å². The molecule has 0 unspecified atom stereocenters. The number of fused-ring (bicyclic) bond motifs is 6. The third kappa shape index (κ3) is 7.31. The van der Waals surface area contributed by atoms with Gasteiger partial charge in [0.05, 0.1) is 5.56 Å². The minimum absolute atomic E-state index is 0.174. The first kappa shape index (κ1) is 36.0. The number of carbonyl (C=O) groups excluding carboxylic acids is 2. The standard InChI is InChI=1S/C44H56O6/c1-9-11-13-15-29-23-35(39-31-21-27(3)17-19-33(31)43(5,6)49-37(39)25-29)47-41(45)42(46)48-36-24-30(16-14-12-10-2)26-38-40(36)32-22-28(4)18-20-34(32)44(7,8)50-38/h17,19,21,23-26,28,32,34H,9-16,18,20,22H2,1-8H3/t28-,32-,34-/m1/s1. The van der Waals surface area contributed by atoms with Gasteiger partial charge in [-0.3, -0.25) is 0 Å². The van der Waals surface area contributed by atoms with Crippen LogP contribution in [0.1, 0.15) is 140 Å². The Morgan fingerprint density at radius 3 is 2.06 bits per heavy atom. The number of hydrogen-bond donors (Lipinski definition) is 0. The highest BCUT2D eigenvalue weighted by atomic mass is 16.6. The molecule has 0 spiro atoms. The zero-order valence-corrected chi connectivity index (χ0v) is 31.5. The van der Waals surface area contributed by atoms with Gasteiger partial charge in [0.15, 0.2) is 0 Å². The van der Waals surface area contributed by atoms with E-state index in [2.05, 4.69) is 78.8 Å². The van der Waals surface area contributed by atoms with Crippen molar-refractivity contribution >= 4 is 11.9 Å². The summed E-state index contributed by atoms with van der Waals surface area (Å²) in [7, 11) is 0. The number of unbranched alkanes of at least 4 members (excludes halogenated alkanes) is 4. The second kappa shape index (κ2) is 14.4. The van der Waals surface area contributed by atoms with Crippen LogP contribution in [0.15, 0.2) is 42.5 Å². The molecule has 268 valence electrons. The molecule has 1 aliphatic carbocycles. The molecule has 3 atom stereocenters. The number of hydrogen-bond acceptors (Lipinski definition) is 6. The summed E-state index contributed by atoms with van der Waals surface area (Å²) in [5.74, 6) is 1.11. The summed E-state index contributed by atoms with van der Waals surface area (Å²) in [6.07, 6.45) is 11.3. The van der Waals surface area contributed by atoms with Crippen molar-refractivity contribution in [1.29, 1.82) is 0 Å². The Bertz CT molecular complexity index is 1750. The van der Waals surface area contributed by atoms with Crippen LogP contribution in [0, 0.1) is 18.8 Å². The van der Waals surface area contributed by atoms with E-state index in [4.69, 9.17) is 18.9 Å². The van der Waals surface area contributed by atoms with E-state index in [1.54, 1.807) is 0 Å². The fourth-order valence-electron chi connectivity index (χ4n) is 8.60. The average molecular weight is 681 g/mol. The summed E-state index contributed by atoms with van der Waals surface area (Å²) in [5.41, 5.74) is 5.76. The van der Waals surface area contributed by atoms with Crippen LogP contribution in [-0.4, -0.2) is 17.5 Å². The van der Waals surface area contributed by atoms with Gasteiger partial charge in [0.1, 0.15) is 34.2 Å². The molecule has 1 saturated carbocycles. The molecule has 2 heterocycles. The van der Waals surface area contributed by atoms with Crippen LogP contribution in [-0.2, 0) is 28.0 Å². The molecule has 3 aromatic carbocycles. The predicted molar refractivity (Wildman–Crippen MR) is 198 cm³/mol. The van der Waals surface area contributed by atoms with Gasteiger partial charge in [-0.2, -0.15) is 0 Å². The van der Waals surface area contributed by atoms with Gasteiger partial charge in [-0.1, -0.05) is 76.6 Å². The molecule has 3 aliphatic rings. The summed E-state index contributed by atoms with van der Waals surface area (Å²) in [6, 6.07) is 14.3. The Labute approximate surface area is 299 Å². The molecule has 50 heavy (non-hydrogen) atoms. The van der Waals surface area contributed by atoms with Gasteiger partial charge in [-0.25, -0.2) is 9.59 Å². The SMILES string of the molecule is CCCCCc1cc(OC(=O)C(=O)Oc2cc(CCCCC)cc3c2[C@@H]2C[C@H](C)CC[C@H]2C(C)(C)O3)c2c(c1)OC(C)(C)c1ccc(C)cc1-2. The maximum absolute atomic E-state index is 13.8. The van der Waals surface area contributed by atoms with Gasteiger partial charge < -0.3 is 18.9 Å². The molecule has 0 amide bonds. The maximum atomic E-state index is 13.8. The molecule has 0 aromatic heterocycles. The molecule has 1 fully saturated rings. The summed E-state index contributed by atoms with van der Waals surface area (Å²) < 4.78 is 25.4. The Hall–Kier alpha value is -3.80. The first-order valence-electron chi connectivity index (χ1n) is 19.1. The number of benzene rings is 3. The number of esters is 2. The highest BCUT2D eigenvalue weighted by molar-refractivity contribution is 6.31. The second-order valence-electron chi connectivity index (χ2n) is 16.2. The fraction of sp³-hybridized carbons (Fsp3) is 0.545. The lowest BCUT2D eigenvalue weighted by Gasteiger charge is -2.49. The van der Waals surface area contributed by atoms with Crippen molar-refractivity contribution in [2.45, 2.75) is 143 Å². The average Bonchev–Trinajstić information content (AvgIpc) is 3.03. The van der Waals surface area contributed by atoms with Crippen molar-refractivity contribution in [2.75, 3.05) is 0 Å². The third-order valence-corrected chi connectivity index (χ3v) is 11.2. The lowest BCUT2D eigenvalue weighted by Crippen LogP contribution is -2.47. The largest absolute Gasteiger partial charge is 0.487 e. The monoisotopic (exact) mass is 680 g/mol. The number of ether oxygens (including phenoxy) is 4. The molecule has 6 rings (SSSR count). The normalized spacial score (nSPS) is 21.0. The number of carbonyl (C=O) groups is 2. The topological polar surface area (TPSA) is 71.1 Å². The Morgan fingerprint density at radius 2 is 1.40 bits per heavy atom. The molecule has 0 saturated heterocycles. The predicted octanol–water partition coefficient (Wildman–Crippen LogP) is 11.0. The van der Waals surface area contributed by atoms with Crippen LogP contribution in [0.25, 0.3) is 11.1 Å². The van der Waals surface area contributed by atoms with E-state index in [9.17, 15) is 9.59 Å². The highest BCUT2D eigenvalue weighted by Crippen LogP contribution is 2.56. The van der Waals surface area contributed by atoms with Crippen molar-refractivity contribution in [3.8, 4) is 34.1 Å². The van der Waals surface area contributed by atoms with Crippen molar-refractivity contribution < 1.29 is 28.5 Å². The summed E-state index contributed by atoms with van der Waals surface area (Å²) in [4.78, 5) is 27.6. The van der Waals surface area contributed by atoms with Crippen molar-refractivity contribution in [3.05, 3.63) is 70.3 Å². The van der Waals surface area contributed by atoms with E-state index in [-0.39, 0.29) is 17.4 Å². The molecule has 2 aliphatic heterocycles. The van der Waals surface area contributed by atoms with Crippen molar-refractivity contribution in [2.24, 2.45) is 11.8 Å². The Balaban J connectivity index is 1.35. The van der Waals surface area contributed by atoms with Crippen LogP contribution < -0.4 is 18.9 Å². The molecule has 0 radical (unpaired) electrons. The van der Waals surface area contributed by atoms with Gasteiger partial charge in [0, 0.05) is 17.0 Å². The fourth-order valence-corrected chi connectivity index (χ4v) is 8.60. The smallest absolute Gasteiger partial charge is 0.423 e. The quantitative estimate of drug-likeness (QED) is 0.0918. The van der Waals surface area contributed by atoms with Gasteiger partial charge >= 0.3 is 11.9 Å².